The second-order valence-corrected chi connectivity index (χ2v) is 1.82. The fourth-order valence-corrected chi connectivity index (χ4v) is 0. The average molecular weight is 85.2 g/mol. The molecule has 0 fully saturated rings. The van der Waals surface area contributed by atoms with Crippen molar-refractivity contribution >= 4 is 15.5 Å². The molecule has 1 heteroatoms. The van der Waals surface area contributed by atoms with Gasteiger partial charge in [0.1, 0.15) is 0 Å². The van der Waals surface area contributed by atoms with Crippen molar-refractivity contribution in [2.75, 3.05) is 0 Å². The fourth-order valence-electron chi connectivity index (χ4n) is 0. The summed E-state index contributed by atoms with van der Waals surface area (Å²) in [5, 5.41) is 0. The van der Waals surface area contributed by atoms with Crippen LogP contribution in [0.3, 0.4) is 0 Å². The molecule has 0 aromatic heterocycles. The Bertz CT molecular complexity index is 30.6. The molecule has 0 spiro atoms. The maximum atomic E-state index is 2.57. The van der Waals surface area contributed by atoms with Crippen LogP contribution in [0.4, 0.5) is 0 Å². The van der Waals surface area contributed by atoms with Crippen LogP contribution in [0.1, 0.15) is 13.8 Å². The maximum absolute atomic E-state index is 2.57. The van der Waals surface area contributed by atoms with E-state index in [1.54, 1.807) is 0 Å². The SMILES string of the molecule is CC(C)C=[SiH]. The van der Waals surface area contributed by atoms with E-state index in [0.29, 0.717) is 0 Å². The molecule has 0 saturated carbocycles. The van der Waals surface area contributed by atoms with Crippen molar-refractivity contribution in [1.29, 1.82) is 0 Å². The lowest BCUT2D eigenvalue weighted by Gasteiger charge is -1.84. The van der Waals surface area contributed by atoms with E-state index in [0.717, 1.165) is 5.92 Å². The second-order valence-electron chi connectivity index (χ2n) is 1.44. The van der Waals surface area contributed by atoms with Gasteiger partial charge in [-0.3, -0.25) is 0 Å². The van der Waals surface area contributed by atoms with Gasteiger partial charge in [-0.2, -0.15) is 0 Å². The average Bonchev–Trinajstić information content (AvgIpc) is 1.38. The van der Waals surface area contributed by atoms with E-state index in [2.05, 4.69) is 29.4 Å². The number of hydrogen-bond donors (Lipinski definition) is 0. The molecule has 0 N–H and O–H groups in total. The molecule has 0 saturated heterocycles. The third-order valence-electron chi connectivity index (χ3n) is 0.385. The van der Waals surface area contributed by atoms with Gasteiger partial charge in [0, 0.05) is 0 Å². The highest BCUT2D eigenvalue weighted by Gasteiger charge is 1.73. The van der Waals surface area contributed by atoms with Gasteiger partial charge >= 0.3 is 0 Å². The first-order chi connectivity index (χ1) is 2.27. The molecule has 0 bridgehead atoms. The van der Waals surface area contributed by atoms with Gasteiger partial charge in [-0.05, 0) is 15.8 Å². The third kappa shape index (κ3) is 4.09. The van der Waals surface area contributed by atoms with Crippen molar-refractivity contribution in [2.24, 2.45) is 5.92 Å². The Morgan fingerprint density at radius 1 is 1.60 bits per heavy atom. The van der Waals surface area contributed by atoms with Crippen molar-refractivity contribution in [3.8, 4) is 0 Å². The van der Waals surface area contributed by atoms with Gasteiger partial charge in [-0.25, -0.2) is 0 Å². The summed E-state index contributed by atoms with van der Waals surface area (Å²) in [6.45, 7) is 4.29. The van der Waals surface area contributed by atoms with Crippen LogP contribution in [0, 0.1) is 5.92 Å². The zero-order valence-corrected chi connectivity index (χ0v) is 4.89. The lowest BCUT2D eigenvalue weighted by atomic mass is 10.3. The largest absolute Gasteiger partial charge is 0.104 e. The Morgan fingerprint density at radius 3 is 1.80 bits per heavy atom. The van der Waals surface area contributed by atoms with Crippen LogP contribution < -0.4 is 0 Å². The summed E-state index contributed by atoms with van der Waals surface area (Å²) in [7, 11) is 2.57. The Balaban J connectivity index is 2.83. The van der Waals surface area contributed by atoms with Crippen LogP contribution in [-0.4, -0.2) is 15.5 Å². The molecule has 0 aromatic rings. The minimum atomic E-state index is 0.722. The molecule has 0 aromatic carbocycles. The molecule has 0 heterocycles. The molecule has 0 aliphatic heterocycles. The summed E-state index contributed by atoms with van der Waals surface area (Å²) in [4.78, 5) is 0. The lowest BCUT2D eigenvalue weighted by Crippen LogP contribution is -1.83. The van der Waals surface area contributed by atoms with Crippen molar-refractivity contribution in [1.82, 2.24) is 0 Å². The number of rotatable bonds is 1. The molecule has 0 atom stereocenters. The van der Waals surface area contributed by atoms with E-state index in [4.69, 9.17) is 0 Å². The first-order valence-electron chi connectivity index (χ1n) is 1.82. The van der Waals surface area contributed by atoms with Crippen molar-refractivity contribution < 1.29 is 0 Å². The molecular weight excluding hydrogens is 76.1 g/mol. The molecule has 0 rings (SSSR count). The highest BCUT2D eigenvalue weighted by Crippen LogP contribution is 1.78. The Morgan fingerprint density at radius 2 is 1.80 bits per heavy atom. The van der Waals surface area contributed by atoms with Gasteiger partial charge in [0.15, 0.2) is 0 Å². The first kappa shape index (κ1) is 5.09. The van der Waals surface area contributed by atoms with Crippen molar-refractivity contribution in [2.45, 2.75) is 13.8 Å². The summed E-state index contributed by atoms with van der Waals surface area (Å²) in [6, 6.07) is 0. The fraction of sp³-hybridized carbons (Fsp3) is 0.750. The summed E-state index contributed by atoms with van der Waals surface area (Å²) in [6.07, 6.45) is 0. The Labute approximate surface area is 36.2 Å². The topological polar surface area (TPSA) is 0 Å². The van der Waals surface area contributed by atoms with Crippen LogP contribution in [0.25, 0.3) is 0 Å². The van der Waals surface area contributed by atoms with Crippen LogP contribution in [-0.2, 0) is 0 Å². The zero-order chi connectivity index (χ0) is 4.28. The summed E-state index contributed by atoms with van der Waals surface area (Å²) in [5.41, 5.74) is 2.08. The van der Waals surface area contributed by atoms with Gasteiger partial charge in [0.05, 0.1) is 0 Å². The van der Waals surface area contributed by atoms with Gasteiger partial charge in [0.2, 0.25) is 0 Å². The van der Waals surface area contributed by atoms with E-state index >= 15 is 0 Å². The Hall–Kier alpha value is 0.0869. The highest BCUT2D eigenvalue weighted by molar-refractivity contribution is 6.27. The predicted octanol–water partition coefficient (Wildman–Crippen LogP) is 0.345. The Kier molecular flexibility index (Phi) is 2.37. The van der Waals surface area contributed by atoms with Crippen molar-refractivity contribution in [3.63, 3.8) is 0 Å². The van der Waals surface area contributed by atoms with Gasteiger partial charge in [-0.15, -0.1) is 5.67 Å². The number of hydrogen-bond acceptors (Lipinski definition) is 0. The normalized spacial score (nSPS) is 8.60. The first-order valence-corrected chi connectivity index (χ1v) is 2.49. The van der Waals surface area contributed by atoms with Gasteiger partial charge < -0.3 is 0 Å². The molecule has 29 valence electrons. The molecule has 5 heavy (non-hydrogen) atoms. The summed E-state index contributed by atoms with van der Waals surface area (Å²) >= 11 is 0. The lowest BCUT2D eigenvalue weighted by molar-refractivity contribution is 0.920. The third-order valence-corrected chi connectivity index (χ3v) is 1.15. The van der Waals surface area contributed by atoms with Gasteiger partial charge in [0.25, 0.3) is 0 Å². The molecule has 0 unspecified atom stereocenters. The molecule has 0 amide bonds. The summed E-state index contributed by atoms with van der Waals surface area (Å²) < 4.78 is 0. The van der Waals surface area contributed by atoms with E-state index in [9.17, 15) is 0 Å². The van der Waals surface area contributed by atoms with Crippen molar-refractivity contribution in [3.05, 3.63) is 0 Å². The monoisotopic (exact) mass is 85.0 g/mol. The van der Waals surface area contributed by atoms with E-state index < -0.39 is 0 Å². The molecule has 0 aliphatic carbocycles. The molecule has 0 aliphatic rings. The van der Waals surface area contributed by atoms with Crippen LogP contribution in [0.2, 0.25) is 0 Å². The zero-order valence-electron chi connectivity index (χ0n) is 3.73. The highest BCUT2D eigenvalue weighted by atomic mass is 28.1. The second kappa shape index (κ2) is 2.33. The van der Waals surface area contributed by atoms with E-state index in [-0.39, 0.29) is 0 Å². The molecular formula is C4H9Si. The van der Waals surface area contributed by atoms with E-state index in [1.807, 2.05) is 0 Å². The van der Waals surface area contributed by atoms with Gasteiger partial charge in [-0.1, -0.05) is 13.8 Å². The molecule has 0 nitrogen and oxygen atoms in total. The maximum Gasteiger partial charge on any atom is -0.00516 e. The minimum absolute atomic E-state index is 0.722. The smallest absolute Gasteiger partial charge is 0.00516 e. The minimum Gasteiger partial charge on any atom is -0.104 e. The quantitative estimate of drug-likeness (QED) is 0.403. The predicted molar refractivity (Wildman–Crippen MR) is 28.1 cm³/mol. The van der Waals surface area contributed by atoms with Crippen LogP contribution >= 0.6 is 0 Å². The van der Waals surface area contributed by atoms with E-state index in [1.165, 1.54) is 0 Å². The van der Waals surface area contributed by atoms with Crippen LogP contribution in [0.15, 0.2) is 0 Å². The molecule has 1 radical (unpaired) electrons. The summed E-state index contributed by atoms with van der Waals surface area (Å²) in [5.74, 6) is 0.722. The standard InChI is InChI=1S/C4H9Si/c1-4(2)3-5/h3-5H,1-2H3. The van der Waals surface area contributed by atoms with Crippen LogP contribution in [0.5, 0.6) is 0 Å².